The summed E-state index contributed by atoms with van der Waals surface area (Å²) in [6, 6.07) is 16.1. The molecule has 0 radical (unpaired) electrons. The zero-order valence-corrected chi connectivity index (χ0v) is 21.8. The number of hydrogen-bond donors (Lipinski definition) is 1. The molecule has 6 rings (SSSR count). The van der Waals surface area contributed by atoms with Gasteiger partial charge >= 0.3 is 0 Å². The van der Waals surface area contributed by atoms with Gasteiger partial charge in [-0.15, -0.1) is 0 Å². The topological polar surface area (TPSA) is 88.9 Å². The van der Waals surface area contributed by atoms with Crippen LogP contribution in [0.1, 0.15) is 36.3 Å². The zero-order valence-electron chi connectivity index (χ0n) is 21.8. The van der Waals surface area contributed by atoms with E-state index in [9.17, 15) is 0 Å². The SMILES string of the molecule is COc1ccc(C2OC[C@@H]3C[C@@H](n4ccc5c(NCc6ccc(OC)cc6OC)ncnc54)C[C@@H]3O2)cc1. The highest BCUT2D eigenvalue weighted by Gasteiger charge is 2.41. The lowest BCUT2D eigenvalue weighted by molar-refractivity contribution is -0.233. The predicted molar refractivity (Wildman–Crippen MR) is 143 cm³/mol. The van der Waals surface area contributed by atoms with Crippen LogP contribution in [0.5, 0.6) is 17.2 Å². The molecule has 2 fully saturated rings. The highest BCUT2D eigenvalue weighted by atomic mass is 16.7. The van der Waals surface area contributed by atoms with E-state index in [1.165, 1.54) is 0 Å². The second-order valence-electron chi connectivity index (χ2n) is 9.71. The van der Waals surface area contributed by atoms with Crippen LogP contribution in [-0.4, -0.2) is 48.6 Å². The van der Waals surface area contributed by atoms with Gasteiger partial charge in [0.1, 0.15) is 35.0 Å². The van der Waals surface area contributed by atoms with Crippen LogP contribution >= 0.6 is 0 Å². The van der Waals surface area contributed by atoms with Gasteiger partial charge in [0.15, 0.2) is 6.29 Å². The van der Waals surface area contributed by atoms with Crippen molar-refractivity contribution in [2.45, 2.75) is 37.8 Å². The van der Waals surface area contributed by atoms with Crippen LogP contribution in [0.2, 0.25) is 0 Å². The summed E-state index contributed by atoms with van der Waals surface area (Å²) in [7, 11) is 4.97. The summed E-state index contributed by atoms with van der Waals surface area (Å²) < 4.78 is 30.9. The molecule has 4 aromatic rings. The second kappa shape index (κ2) is 10.5. The third-order valence-electron chi connectivity index (χ3n) is 7.60. The van der Waals surface area contributed by atoms with Gasteiger partial charge in [-0.1, -0.05) is 12.1 Å². The van der Waals surface area contributed by atoms with Crippen molar-refractivity contribution in [3.63, 3.8) is 0 Å². The van der Waals surface area contributed by atoms with Crippen molar-refractivity contribution in [2.24, 2.45) is 5.92 Å². The van der Waals surface area contributed by atoms with E-state index in [-0.39, 0.29) is 18.4 Å². The molecule has 0 amide bonds. The lowest BCUT2D eigenvalue weighted by Gasteiger charge is -2.32. The number of nitrogens with zero attached hydrogens (tertiary/aromatic N) is 3. The molecule has 2 aromatic carbocycles. The number of methoxy groups -OCH3 is 3. The van der Waals surface area contributed by atoms with Crippen molar-refractivity contribution >= 4 is 16.9 Å². The number of benzene rings is 2. The van der Waals surface area contributed by atoms with E-state index in [2.05, 4.69) is 32.1 Å². The molecule has 1 N–H and O–H groups in total. The first-order valence-electron chi connectivity index (χ1n) is 12.8. The van der Waals surface area contributed by atoms with Gasteiger partial charge in [0.2, 0.25) is 0 Å². The van der Waals surface area contributed by atoms with Gasteiger partial charge in [-0.05, 0) is 43.2 Å². The van der Waals surface area contributed by atoms with Crippen LogP contribution in [0.25, 0.3) is 11.0 Å². The third kappa shape index (κ3) is 4.63. The lowest BCUT2D eigenvalue weighted by atomic mass is 10.1. The minimum atomic E-state index is -0.351. The Hall–Kier alpha value is -3.82. The molecule has 0 bridgehead atoms. The number of hydrogen-bond acceptors (Lipinski definition) is 8. The van der Waals surface area contributed by atoms with Crippen molar-refractivity contribution in [1.29, 1.82) is 0 Å². The average molecular weight is 517 g/mol. The molecular weight excluding hydrogens is 484 g/mol. The Morgan fingerprint density at radius 1 is 0.947 bits per heavy atom. The van der Waals surface area contributed by atoms with Gasteiger partial charge in [-0.3, -0.25) is 0 Å². The monoisotopic (exact) mass is 516 g/mol. The predicted octanol–water partition coefficient (Wildman–Crippen LogP) is 5.13. The maximum atomic E-state index is 6.42. The minimum absolute atomic E-state index is 0.139. The minimum Gasteiger partial charge on any atom is -0.497 e. The van der Waals surface area contributed by atoms with Gasteiger partial charge in [0.05, 0.1) is 39.4 Å². The summed E-state index contributed by atoms with van der Waals surface area (Å²) in [4.78, 5) is 9.17. The summed E-state index contributed by atoms with van der Waals surface area (Å²) in [6.45, 7) is 1.25. The Morgan fingerprint density at radius 3 is 2.55 bits per heavy atom. The molecular formula is C29H32N4O5. The van der Waals surface area contributed by atoms with E-state index < -0.39 is 0 Å². The van der Waals surface area contributed by atoms with Crippen LogP contribution in [0.4, 0.5) is 5.82 Å². The molecule has 0 spiro atoms. The number of anilines is 1. The molecule has 9 nitrogen and oxygen atoms in total. The maximum absolute atomic E-state index is 6.42. The van der Waals surface area contributed by atoms with Crippen LogP contribution in [0.15, 0.2) is 61.1 Å². The van der Waals surface area contributed by atoms with Gasteiger partial charge in [0, 0.05) is 41.9 Å². The van der Waals surface area contributed by atoms with Crippen LogP contribution < -0.4 is 19.5 Å². The quantitative estimate of drug-likeness (QED) is 0.345. The third-order valence-corrected chi connectivity index (χ3v) is 7.60. The molecule has 1 saturated heterocycles. The van der Waals surface area contributed by atoms with E-state index >= 15 is 0 Å². The number of rotatable bonds is 8. The molecule has 38 heavy (non-hydrogen) atoms. The molecule has 2 aliphatic rings. The van der Waals surface area contributed by atoms with Crippen molar-refractivity contribution in [3.8, 4) is 17.2 Å². The standard InChI is InChI=1S/C29H32N4O5/c1-34-22-7-4-18(5-8-22)29-37-16-20-12-21(13-26(20)38-29)33-11-10-24-27(31-17-32-28(24)33)30-15-19-6-9-23(35-2)14-25(19)36-3/h4-11,14,17,20-21,26,29H,12-13,15-16H2,1-3H3,(H,30,31,32)/t20-,21+,26-,29?/m0/s1. The first-order chi connectivity index (χ1) is 18.7. The molecule has 1 aliphatic carbocycles. The van der Waals surface area contributed by atoms with Gasteiger partial charge < -0.3 is 33.6 Å². The van der Waals surface area contributed by atoms with Crippen LogP contribution in [0.3, 0.4) is 0 Å². The molecule has 4 atom stereocenters. The number of fused-ring (bicyclic) bond motifs is 2. The summed E-state index contributed by atoms with van der Waals surface area (Å²) in [5.74, 6) is 3.49. The van der Waals surface area contributed by atoms with Crippen LogP contribution in [-0.2, 0) is 16.0 Å². The first kappa shape index (κ1) is 24.5. The van der Waals surface area contributed by atoms with E-state index in [1.54, 1.807) is 27.7 Å². The number of nitrogens with one attached hydrogen (secondary N) is 1. The Bertz CT molecular complexity index is 1410. The van der Waals surface area contributed by atoms with E-state index in [1.807, 2.05) is 42.5 Å². The summed E-state index contributed by atoms with van der Waals surface area (Å²) >= 11 is 0. The lowest BCUT2D eigenvalue weighted by Crippen LogP contribution is -2.32. The molecule has 2 aromatic heterocycles. The zero-order chi connectivity index (χ0) is 26.1. The molecule has 1 aliphatic heterocycles. The Labute approximate surface area is 221 Å². The Morgan fingerprint density at radius 2 is 1.76 bits per heavy atom. The van der Waals surface area contributed by atoms with E-state index in [4.69, 9.17) is 23.7 Å². The highest BCUT2D eigenvalue weighted by molar-refractivity contribution is 5.87. The largest absolute Gasteiger partial charge is 0.497 e. The second-order valence-corrected chi connectivity index (χ2v) is 9.71. The molecule has 1 unspecified atom stereocenters. The fraction of sp³-hybridized carbons (Fsp3) is 0.379. The fourth-order valence-electron chi connectivity index (χ4n) is 5.56. The number of ether oxygens (including phenoxy) is 5. The summed E-state index contributed by atoms with van der Waals surface area (Å²) in [5, 5.41) is 4.45. The smallest absolute Gasteiger partial charge is 0.184 e. The van der Waals surface area contributed by atoms with Crippen molar-refractivity contribution in [2.75, 3.05) is 33.3 Å². The summed E-state index contributed by atoms with van der Waals surface area (Å²) in [5.41, 5.74) is 2.94. The van der Waals surface area contributed by atoms with Crippen LogP contribution in [0, 0.1) is 5.92 Å². The van der Waals surface area contributed by atoms with Crippen molar-refractivity contribution in [1.82, 2.24) is 14.5 Å². The van der Waals surface area contributed by atoms with Crippen molar-refractivity contribution < 1.29 is 23.7 Å². The molecule has 1 saturated carbocycles. The summed E-state index contributed by atoms with van der Waals surface area (Å²) in [6.07, 6.45) is 5.42. The van der Waals surface area contributed by atoms with E-state index in [0.29, 0.717) is 19.1 Å². The van der Waals surface area contributed by atoms with Crippen molar-refractivity contribution in [3.05, 3.63) is 72.2 Å². The fourth-order valence-corrected chi connectivity index (χ4v) is 5.56. The maximum Gasteiger partial charge on any atom is 0.184 e. The molecule has 3 heterocycles. The highest BCUT2D eigenvalue weighted by Crippen LogP contribution is 2.44. The van der Waals surface area contributed by atoms with Gasteiger partial charge in [-0.2, -0.15) is 0 Å². The normalized spacial score (nSPS) is 22.7. The molecule has 198 valence electrons. The average Bonchev–Trinajstić information content (AvgIpc) is 3.60. The Balaban J connectivity index is 1.16. The Kier molecular flexibility index (Phi) is 6.78. The molecule has 9 heteroatoms. The van der Waals surface area contributed by atoms with Gasteiger partial charge in [0.25, 0.3) is 0 Å². The van der Waals surface area contributed by atoms with Gasteiger partial charge in [-0.25, -0.2) is 9.97 Å². The number of aromatic nitrogens is 3. The first-order valence-corrected chi connectivity index (χ1v) is 12.8. The van der Waals surface area contributed by atoms with E-state index in [0.717, 1.165) is 58.1 Å².